The predicted octanol–water partition coefficient (Wildman–Crippen LogP) is 1.65. The molecule has 0 aliphatic rings. The Hall–Kier alpha value is -2.56. The van der Waals surface area contributed by atoms with Crippen molar-refractivity contribution in [1.82, 2.24) is 14.3 Å². The topological polar surface area (TPSA) is 65.8 Å². The Balaban J connectivity index is 2.24. The highest BCUT2D eigenvalue weighted by Crippen LogP contribution is 2.20. The zero-order valence-electron chi connectivity index (χ0n) is 9.87. The molecule has 3 rings (SSSR count). The lowest BCUT2D eigenvalue weighted by atomic mass is 10.1. The van der Waals surface area contributed by atoms with Crippen LogP contribution in [0.15, 0.2) is 42.7 Å². The highest BCUT2D eigenvalue weighted by molar-refractivity contribution is 6.07. The van der Waals surface area contributed by atoms with Crippen LogP contribution in [0, 0.1) is 0 Å². The summed E-state index contributed by atoms with van der Waals surface area (Å²) in [4.78, 5) is 12.4. The van der Waals surface area contributed by atoms with E-state index in [2.05, 4.69) is 5.10 Å². The van der Waals surface area contributed by atoms with Crippen molar-refractivity contribution in [3.63, 3.8) is 0 Å². The van der Waals surface area contributed by atoms with Crippen molar-refractivity contribution >= 4 is 22.6 Å². The molecule has 0 saturated carbocycles. The first kappa shape index (κ1) is 10.6. The molecule has 0 aliphatic carbocycles. The van der Waals surface area contributed by atoms with Gasteiger partial charge in [-0.15, -0.1) is 0 Å². The third-order valence-corrected chi connectivity index (χ3v) is 2.99. The van der Waals surface area contributed by atoms with Gasteiger partial charge in [-0.1, -0.05) is 12.1 Å². The van der Waals surface area contributed by atoms with Gasteiger partial charge in [-0.25, -0.2) is 0 Å². The normalized spacial score (nSPS) is 10.9. The van der Waals surface area contributed by atoms with E-state index in [9.17, 15) is 4.79 Å². The van der Waals surface area contributed by atoms with Gasteiger partial charge in [0.1, 0.15) is 5.82 Å². The molecule has 3 aromatic rings. The van der Waals surface area contributed by atoms with Crippen LogP contribution in [0.1, 0.15) is 10.4 Å². The van der Waals surface area contributed by atoms with E-state index in [1.54, 1.807) is 12.1 Å². The average Bonchev–Trinajstić information content (AvgIpc) is 2.95. The first-order valence-electron chi connectivity index (χ1n) is 5.57. The number of aryl methyl sites for hydroxylation is 1. The minimum absolute atomic E-state index is 0.218. The van der Waals surface area contributed by atoms with Crippen LogP contribution in [-0.2, 0) is 7.05 Å². The number of aromatic nitrogens is 3. The van der Waals surface area contributed by atoms with Crippen LogP contribution in [0.3, 0.4) is 0 Å². The molecular formula is C13H12N4O. The predicted molar refractivity (Wildman–Crippen MR) is 69.3 cm³/mol. The minimum atomic E-state index is -0.218. The van der Waals surface area contributed by atoms with Crippen LogP contribution in [0.4, 0.5) is 5.82 Å². The number of anilines is 1. The van der Waals surface area contributed by atoms with Gasteiger partial charge >= 0.3 is 0 Å². The molecule has 5 nitrogen and oxygen atoms in total. The van der Waals surface area contributed by atoms with Crippen molar-refractivity contribution in [3.05, 3.63) is 48.3 Å². The zero-order valence-corrected chi connectivity index (χ0v) is 9.87. The number of hydrogen-bond donors (Lipinski definition) is 1. The lowest BCUT2D eigenvalue weighted by Crippen LogP contribution is -2.16. The molecule has 2 heterocycles. The molecule has 2 N–H and O–H groups in total. The molecule has 0 bridgehead atoms. The SMILES string of the molecule is Cn1ccc2cccc(C(=O)n3nccc3N)c21. The Morgan fingerprint density at radius 2 is 2.11 bits per heavy atom. The van der Waals surface area contributed by atoms with Crippen molar-refractivity contribution in [3.8, 4) is 0 Å². The van der Waals surface area contributed by atoms with Gasteiger partial charge in [0.15, 0.2) is 0 Å². The second-order valence-corrected chi connectivity index (χ2v) is 4.14. The zero-order chi connectivity index (χ0) is 12.7. The third kappa shape index (κ3) is 1.41. The second kappa shape index (κ2) is 3.73. The Morgan fingerprint density at radius 3 is 2.83 bits per heavy atom. The van der Waals surface area contributed by atoms with E-state index < -0.39 is 0 Å². The molecule has 0 atom stereocenters. The fourth-order valence-electron chi connectivity index (χ4n) is 2.13. The number of para-hydroxylation sites is 1. The van der Waals surface area contributed by atoms with Crippen LogP contribution in [-0.4, -0.2) is 20.3 Å². The number of fused-ring (bicyclic) bond motifs is 1. The van der Waals surface area contributed by atoms with Crippen molar-refractivity contribution in [2.75, 3.05) is 5.73 Å². The average molecular weight is 240 g/mol. The fraction of sp³-hybridized carbons (Fsp3) is 0.0769. The molecule has 2 aromatic heterocycles. The van der Waals surface area contributed by atoms with Crippen molar-refractivity contribution in [1.29, 1.82) is 0 Å². The summed E-state index contributed by atoms with van der Waals surface area (Å²) in [6, 6.07) is 9.18. The molecule has 0 spiro atoms. The summed E-state index contributed by atoms with van der Waals surface area (Å²) in [5.41, 5.74) is 7.19. The molecule has 0 fully saturated rings. The number of carbonyl (C=O) groups is 1. The van der Waals surface area contributed by atoms with Gasteiger partial charge in [0.05, 0.1) is 17.3 Å². The third-order valence-electron chi connectivity index (χ3n) is 2.99. The van der Waals surface area contributed by atoms with Gasteiger partial charge in [0.2, 0.25) is 0 Å². The van der Waals surface area contributed by atoms with E-state index in [-0.39, 0.29) is 5.91 Å². The molecular weight excluding hydrogens is 228 g/mol. The lowest BCUT2D eigenvalue weighted by molar-refractivity contribution is 0.0949. The van der Waals surface area contributed by atoms with E-state index in [4.69, 9.17) is 5.73 Å². The Bertz CT molecular complexity index is 738. The molecule has 0 unspecified atom stereocenters. The van der Waals surface area contributed by atoms with Crippen molar-refractivity contribution in [2.45, 2.75) is 0 Å². The first-order chi connectivity index (χ1) is 8.68. The number of nitrogens with two attached hydrogens (primary N) is 1. The molecule has 0 saturated heterocycles. The molecule has 18 heavy (non-hydrogen) atoms. The number of carbonyl (C=O) groups excluding carboxylic acids is 1. The lowest BCUT2D eigenvalue weighted by Gasteiger charge is -2.06. The Labute approximate surface area is 103 Å². The van der Waals surface area contributed by atoms with Gasteiger partial charge in [0.25, 0.3) is 5.91 Å². The highest BCUT2D eigenvalue weighted by Gasteiger charge is 2.16. The van der Waals surface area contributed by atoms with Crippen LogP contribution < -0.4 is 5.73 Å². The maximum Gasteiger partial charge on any atom is 0.282 e. The van der Waals surface area contributed by atoms with E-state index >= 15 is 0 Å². The first-order valence-corrected chi connectivity index (χ1v) is 5.57. The summed E-state index contributed by atoms with van der Waals surface area (Å²) < 4.78 is 3.13. The van der Waals surface area contributed by atoms with Gasteiger partial charge in [-0.3, -0.25) is 4.79 Å². The maximum atomic E-state index is 12.4. The number of rotatable bonds is 1. The van der Waals surface area contributed by atoms with Crippen LogP contribution in [0.2, 0.25) is 0 Å². The fourth-order valence-corrected chi connectivity index (χ4v) is 2.13. The summed E-state index contributed by atoms with van der Waals surface area (Å²) in [7, 11) is 1.91. The molecule has 5 heteroatoms. The summed E-state index contributed by atoms with van der Waals surface area (Å²) in [6.07, 6.45) is 3.44. The monoisotopic (exact) mass is 240 g/mol. The second-order valence-electron chi connectivity index (χ2n) is 4.14. The molecule has 1 aromatic carbocycles. The Morgan fingerprint density at radius 1 is 1.28 bits per heavy atom. The van der Waals surface area contributed by atoms with Crippen LogP contribution >= 0.6 is 0 Å². The minimum Gasteiger partial charge on any atom is -0.383 e. The molecule has 0 amide bonds. The maximum absolute atomic E-state index is 12.4. The summed E-state index contributed by atoms with van der Waals surface area (Å²) in [5, 5.41) is 4.97. The highest BCUT2D eigenvalue weighted by atomic mass is 16.2. The number of hydrogen-bond acceptors (Lipinski definition) is 3. The van der Waals surface area contributed by atoms with E-state index in [0.717, 1.165) is 10.9 Å². The van der Waals surface area contributed by atoms with Crippen LogP contribution in [0.5, 0.6) is 0 Å². The van der Waals surface area contributed by atoms with Crippen molar-refractivity contribution < 1.29 is 4.79 Å². The van der Waals surface area contributed by atoms with Gasteiger partial charge in [0, 0.05) is 24.7 Å². The van der Waals surface area contributed by atoms with E-state index in [1.165, 1.54) is 10.9 Å². The number of nitrogen functional groups attached to an aromatic ring is 1. The largest absolute Gasteiger partial charge is 0.383 e. The quantitative estimate of drug-likeness (QED) is 0.703. The molecule has 0 aliphatic heterocycles. The van der Waals surface area contributed by atoms with Gasteiger partial charge in [-0.2, -0.15) is 9.78 Å². The summed E-state index contributed by atoms with van der Waals surface area (Å²) in [6.45, 7) is 0. The molecule has 90 valence electrons. The van der Waals surface area contributed by atoms with E-state index in [0.29, 0.717) is 11.4 Å². The van der Waals surface area contributed by atoms with Gasteiger partial charge < -0.3 is 10.3 Å². The Kier molecular flexibility index (Phi) is 2.19. The standard InChI is InChI=1S/C13H12N4O/c1-16-8-6-9-3-2-4-10(12(9)16)13(18)17-11(14)5-7-15-17/h2-8H,14H2,1H3. The summed E-state index contributed by atoms with van der Waals surface area (Å²) >= 11 is 0. The van der Waals surface area contributed by atoms with E-state index in [1.807, 2.05) is 36.0 Å². The molecule has 0 radical (unpaired) electrons. The number of benzene rings is 1. The number of nitrogens with zero attached hydrogens (tertiary/aromatic N) is 3. The van der Waals surface area contributed by atoms with Crippen molar-refractivity contribution in [2.24, 2.45) is 7.05 Å². The summed E-state index contributed by atoms with van der Waals surface area (Å²) in [5.74, 6) is 0.121. The van der Waals surface area contributed by atoms with Crippen LogP contribution in [0.25, 0.3) is 10.9 Å². The van der Waals surface area contributed by atoms with Gasteiger partial charge in [-0.05, 0) is 12.1 Å². The smallest absolute Gasteiger partial charge is 0.282 e.